The first-order chi connectivity index (χ1) is 10.1. The van der Waals surface area contributed by atoms with E-state index in [1.807, 2.05) is 4.57 Å². The molecule has 21 heavy (non-hydrogen) atoms. The number of nitrogens with two attached hydrogens (primary N) is 2. The number of nitrogen functional groups attached to an aromatic ring is 2. The Kier molecular flexibility index (Phi) is 3.48. The molecule has 0 saturated carbocycles. The number of pyridine rings is 1. The van der Waals surface area contributed by atoms with Crippen molar-refractivity contribution in [3.8, 4) is 0 Å². The van der Waals surface area contributed by atoms with Gasteiger partial charge in [0.05, 0.1) is 19.4 Å². The van der Waals surface area contributed by atoms with Crippen molar-refractivity contribution < 1.29 is 4.74 Å². The normalized spacial score (nSPS) is 18.0. The SMILES string of the molecule is CC(N1CCOCC1)n1c(N)nc2nccc(C(=N)N)c21. The van der Waals surface area contributed by atoms with E-state index in [1.165, 1.54) is 0 Å². The maximum Gasteiger partial charge on any atom is 0.204 e. The Bertz CT molecular complexity index is 674. The Hall–Kier alpha value is -2.19. The standard InChI is InChI=1S/C13H19N7O/c1-8(19-4-6-21-7-5-19)20-10-9(11(14)15)2-3-17-12(10)18-13(20)16/h2-3,8H,4-7H2,1H3,(H3,14,15)(H2,16,17,18). The molecule has 112 valence electrons. The topological polar surface area (TPSA) is 119 Å². The molecule has 1 atom stereocenters. The number of rotatable bonds is 3. The van der Waals surface area contributed by atoms with Gasteiger partial charge in [-0.3, -0.25) is 14.9 Å². The minimum atomic E-state index is -0.0160. The van der Waals surface area contributed by atoms with Gasteiger partial charge in [0.2, 0.25) is 5.95 Å². The van der Waals surface area contributed by atoms with Gasteiger partial charge >= 0.3 is 0 Å². The minimum Gasteiger partial charge on any atom is -0.384 e. The highest BCUT2D eigenvalue weighted by atomic mass is 16.5. The summed E-state index contributed by atoms with van der Waals surface area (Å²) in [5.74, 6) is 0.364. The van der Waals surface area contributed by atoms with Gasteiger partial charge in [0.25, 0.3) is 0 Å². The second-order valence-electron chi connectivity index (χ2n) is 5.06. The largest absolute Gasteiger partial charge is 0.384 e. The predicted octanol–water partition coefficient (Wildman–Crippen LogP) is 0.148. The van der Waals surface area contributed by atoms with Crippen molar-refractivity contribution in [1.29, 1.82) is 5.41 Å². The van der Waals surface area contributed by atoms with E-state index in [9.17, 15) is 0 Å². The minimum absolute atomic E-state index is 0.00111. The van der Waals surface area contributed by atoms with Gasteiger partial charge in [-0.2, -0.15) is 4.98 Å². The fourth-order valence-electron chi connectivity index (χ4n) is 2.75. The maximum absolute atomic E-state index is 7.74. The first-order valence-electron chi connectivity index (χ1n) is 6.88. The zero-order valence-electron chi connectivity index (χ0n) is 11.9. The third kappa shape index (κ3) is 2.32. The highest BCUT2D eigenvalue weighted by Gasteiger charge is 2.24. The summed E-state index contributed by atoms with van der Waals surface area (Å²) in [6.07, 6.45) is 1.59. The summed E-state index contributed by atoms with van der Waals surface area (Å²) in [6.45, 7) is 5.12. The number of hydrogen-bond acceptors (Lipinski definition) is 6. The molecule has 0 aromatic carbocycles. The number of imidazole rings is 1. The second kappa shape index (κ2) is 5.30. The van der Waals surface area contributed by atoms with Crippen LogP contribution >= 0.6 is 0 Å². The molecule has 1 unspecified atom stereocenters. The molecule has 8 heteroatoms. The van der Waals surface area contributed by atoms with E-state index in [4.69, 9.17) is 21.6 Å². The lowest BCUT2D eigenvalue weighted by atomic mass is 10.2. The van der Waals surface area contributed by atoms with Crippen LogP contribution in [0.4, 0.5) is 5.95 Å². The van der Waals surface area contributed by atoms with Crippen LogP contribution < -0.4 is 11.5 Å². The molecule has 1 aliphatic rings. The summed E-state index contributed by atoms with van der Waals surface area (Å²) in [4.78, 5) is 10.8. The molecule has 0 amide bonds. The number of aromatic nitrogens is 3. The number of fused-ring (bicyclic) bond motifs is 1. The molecule has 1 saturated heterocycles. The van der Waals surface area contributed by atoms with E-state index in [2.05, 4.69) is 21.8 Å². The average molecular weight is 289 g/mol. The number of nitrogens with zero attached hydrogens (tertiary/aromatic N) is 4. The van der Waals surface area contributed by atoms with Gasteiger partial charge in [-0.25, -0.2) is 4.98 Å². The molecule has 0 spiro atoms. The van der Waals surface area contributed by atoms with Crippen molar-refractivity contribution in [3.05, 3.63) is 17.8 Å². The van der Waals surface area contributed by atoms with Gasteiger partial charge in [-0.05, 0) is 13.0 Å². The summed E-state index contributed by atoms with van der Waals surface area (Å²) in [6, 6.07) is 1.72. The highest BCUT2D eigenvalue weighted by Crippen LogP contribution is 2.26. The van der Waals surface area contributed by atoms with Crippen LogP contribution in [0.15, 0.2) is 12.3 Å². The molecule has 1 fully saturated rings. The Morgan fingerprint density at radius 2 is 2.14 bits per heavy atom. The molecule has 5 N–H and O–H groups in total. The van der Waals surface area contributed by atoms with E-state index < -0.39 is 0 Å². The number of amidine groups is 1. The number of morpholine rings is 1. The van der Waals surface area contributed by atoms with Crippen molar-refractivity contribution in [3.63, 3.8) is 0 Å². The summed E-state index contributed by atoms with van der Waals surface area (Å²) in [5, 5.41) is 7.74. The molecular formula is C13H19N7O. The number of hydrogen-bond donors (Lipinski definition) is 3. The smallest absolute Gasteiger partial charge is 0.204 e. The number of anilines is 1. The molecule has 0 radical (unpaired) electrons. The molecule has 2 aromatic rings. The lowest BCUT2D eigenvalue weighted by Crippen LogP contribution is -2.40. The van der Waals surface area contributed by atoms with Crippen LogP contribution in [-0.2, 0) is 4.74 Å². The summed E-state index contributed by atoms with van der Waals surface area (Å²) in [5.41, 5.74) is 13.6. The van der Waals surface area contributed by atoms with E-state index in [1.54, 1.807) is 12.3 Å². The maximum atomic E-state index is 7.74. The van der Waals surface area contributed by atoms with E-state index >= 15 is 0 Å². The highest BCUT2D eigenvalue weighted by molar-refractivity contribution is 6.05. The number of nitrogens with one attached hydrogen (secondary N) is 1. The van der Waals surface area contributed by atoms with Crippen LogP contribution in [0.25, 0.3) is 11.2 Å². The molecule has 3 rings (SSSR count). The van der Waals surface area contributed by atoms with Gasteiger partial charge in [0, 0.05) is 24.8 Å². The van der Waals surface area contributed by atoms with Crippen LogP contribution in [0.1, 0.15) is 18.7 Å². The third-order valence-electron chi connectivity index (χ3n) is 3.85. The predicted molar refractivity (Wildman–Crippen MR) is 80.1 cm³/mol. The summed E-state index contributed by atoms with van der Waals surface area (Å²) >= 11 is 0. The molecule has 0 bridgehead atoms. The molecule has 3 heterocycles. The number of ether oxygens (including phenoxy) is 1. The van der Waals surface area contributed by atoms with Gasteiger partial charge in [-0.1, -0.05) is 0 Å². The zero-order chi connectivity index (χ0) is 15.0. The van der Waals surface area contributed by atoms with Crippen LogP contribution in [0.5, 0.6) is 0 Å². The van der Waals surface area contributed by atoms with Crippen molar-refractivity contribution in [2.24, 2.45) is 5.73 Å². The van der Waals surface area contributed by atoms with Gasteiger partial charge in [-0.15, -0.1) is 0 Å². The monoisotopic (exact) mass is 289 g/mol. The zero-order valence-corrected chi connectivity index (χ0v) is 11.9. The van der Waals surface area contributed by atoms with Crippen molar-refractivity contribution >= 4 is 22.9 Å². The Labute approximate surface area is 122 Å². The molecule has 1 aliphatic heterocycles. The van der Waals surface area contributed by atoms with Crippen molar-refractivity contribution in [1.82, 2.24) is 19.4 Å². The van der Waals surface area contributed by atoms with Crippen molar-refractivity contribution in [2.75, 3.05) is 32.0 Å². The van der Waals surface area contributed by atoms with E-state index in [0.717, 1.165) is 13.1 Å². The summed E-state index contributed by atoms with van der Waals surface area (Å²) in [7, 11) is 0. The van der Waals surface area contributed by atoms with E-state index in [-0.39, 0.29) is 12.0 Å². The fourth-order valence-corrected chi connectivity index (χ4v) is 2.75. The van der Waals surface area contributed by atoms with Crippen molar-refractivity contribution in [2.45, 2.75) is 13.1 Å². The second-order valence-corrected chi connectivity index (χ2v) is 5.06. The van der Waals surface area contributed by atoms with Crippen LogP contribution in [0.2, 0.25) is 0 Å². The Morgan fingerprint density at radius 3 is 2.81 bits per heavy atom. The Balaban J connectivity index is 2.12. The molecule has 2 aromatic heterocycles. The van der Waals surface area contributed by atoms with Gasteiger partial charge < -0.3 is 16.2 Å². The average Bonchev–Trinajstić information content (AvgIpc) is 2.83. The van der Waals surface area contributed by atoms with Crippen LogP contribution in [-0.4, -0.2) is 51.6 Å². The van der Waals surface area contributed by atoms with Gasteiger partial charge in [0.1, 0.15) is 11.4 Å². The van der Waals surface area contributed by atoms with Crippen LogP contribution in [0.3, 0.4) is 0 Å². The van der Waals surface area contributed by atoms with Gasteiger partial charge in [0.15, 0.2) is 5.65 Å². The molecular weight excluding hydrogens is 270 g/mol. The van der Waals surface area contributed by atoms with Crippen LogP contribution in [0, 0.1) is 5.41 Å². The Morgan fingerprint density at radius 1 is 1.43 bits per heavy atom. The van der Waals surface area contributed by atoms with E-state index in [0.29, 0.717) is 35.9 Å². The first kappa shape index (κ1) is 13.8. The fraction of sp³-hybridized carbons (Fsp3) is 0.462. The third-order valence-corrected chi connectivity index (χ3v) is 3.85. The lowest BCUT2D eigenvalue weighted by molar-refractivity contribution is 0.00517. The summed E-state index contributed by atoms with van der Waals surface area (Å²) < 4.78 is 7.28. The molecule has 8 nitrogen and oxygen atoms in total. The quantitative estimate of drug-likeness (QED) is 0.546. The first-order valence-corrected chi connectivity index (χ1v) is 6.88. The molecule has 0 aliphatic carbocycles. The lowest BCUT2D eigenvalue weighted by Gasteiger charge is -2.33.